The van der Waals surface area contributed by atoms with Crippen molar-refractivity contribution in [3.05, 3.63) is 16.7 Å². The summed E-state index contributed by atoms with van der Waals surface area (Å²) >= 11 is 6.11. The number of benzene rings is 1. The van der Waals surface area contributed by atoms with Gasteiger partial charge in [-0.3, -0.25) is 0 Å². The smallest absolute Gasteiger partial charge is 0.454 e. The van der Waals surface area contributed by atoms with Gasteiger partial charge in [-0.25, -0.2) is 0 Å². The van der Waals surface area contributed by atoms with E-state index in [2.05, 4.69) is 0 Å². The van der Waals surface area contributed by atoms with E-state index in [9.17, 15) is 5.02 Å². The van der Waals surface area contributed by atoms with Crippen molar-refractivity contribution in [2.24, 2.45) is 5.73 Å². The van der Waals surface area contributed by atoms with E-state index in [0.717, 1.165) is 0 Å². The first-order valence-corrected chi connectivity index (χ1v) is 5.25. The molecule has 1 atom stereocenters. The normalized spacial score (nSPS) is 21.4. The molecule has 0 aliphatic carbocycles. The Morgan fingerprint density at radius 3 is 3.12 bits per heavy atom. The van der Waals surface area contributed by atoms with E-state index in [4.69, 9.17) is 31.5 Å². The molecule has 0 bridgehead atoms. The Kier molecular flexibility index (Phi) is 2.25. The van der Waals surface area contributed by atoms with Crippen molar-refractivity contribution in [2.75, 3.05) is 13.3 Å². The second kappa shape index (κ2) is 3.53. The average molecular weight is 241 g/mol. The molecule has 0 aromatic heterocycles. The molecule has 0 amide bonds. The van der Waals surface area contributed by atoms with Gasteiger partial charge in [-0.2, -0.15) is 0 Å². The van der Waals surface area contributed by atoms with E-state index in [0.29, 0.717) is 27.5 Å². The summed E-state index contributed by atoms with van der Waals surface area (Å²) in [4.78, 5) is 0. The van der Waals surface area contributed by atoms with Crippen LogP contribution < -0.4 is 20.7 Å². The van der Waals surface area contributed by atoms with Crippen LogP contribution in [0.25, 0.3) is 0 Å². The summed E-state index contributed by atoms with van der Waals surface area (Å²) in [6, 6.07) is 1.66. The van der Waals surface area contributed by atoms with E-state index in [-0.39, 0.29) is 13.3 Å². The molecule has 2 aliphatic rings. The fourth-order valence-corrected chi connectivity index (χ4v) is 2.41. The molecule has 0 saturated heterocycles. The third kappa shape index (κ3) is 1.24. The molecule has 7 heteroatoms. The quantitative estimate of drug-likeness (QED) is 0.665. The standard InChI is InChI=1S/C9H9BClNO4/c11-4-1-5-9(15-3-14-5)8-7(4)6(2-12)16-10(8)13/h1,6,13H,2-3,12H2. The summed E-state index contributed by atoms with van der Waals surface area (Å²) in [5, 5.41) is 10.3. The van der Waals surface area contributed by atoms with Crippen LogP contribution >= 0.6 is 11.6 Å². The summed E-state index contributed by atoms with van der Waals surface area (Å²) < 4.78 is 15.8. The van der Waals surface area contributed by atoms with Crippen LogP contribution in [0.5, 0.6) is 11.5 Å². The third-order valence-electron chi connectivity index (χ3n) is 2.77. The van der Waals surface area contributed by atoms with Gasteiger partial charge in [0.1, 0.15) is 0 Å². The van der Waals surface area contributed by atoms with Gasteiger partial charge >= 0.3 is 7.12 Å². The lowest BCUT2D eigenvalue weighted by molar-refractivity contribution is 0.174. The van der Waals surface area contributed by atoms with Gasteiger partial charge in [0.05, 0.1) is 6.10 Å². The Morgan fingerprint density at radius 1 is 1.56 bits per heavy atom. The minimum absolute atomic E-state index is 0.127. The number of fused-ring (bicyclic) bond motifs is 3. The highest BCUT2D eigenvalue weighted by atomic mass is 35.5. The molecule has 1 aromatic carbocycles. The highest BCUT2D eigenvalue weighted by Crippen LogP contribution is 2.40. The molecule has 2 heterocycles. The lowest BCUT2D eigenvalue weighted by Gasteiger charge is -2.10. The molecular weight excluding hydrogens is 232 g/mol. The molecule has 3 rings (SSSR count). The molecule has 3 N–H and O–H groups in total. The zero-order valence-electron chi connectivity index (χ0n) is 8.27. The van der Waals surface area contributed by atoms with Crippen LogP contribution in [0.15, 0.2) is 6.07 Å². The Labute approximate surface area is 97.2 Å². The highest BCUT2D eigenvalue weighted by Gasteiger charge is 2.41. The van der Waals surface area contributed by atoms with Crippen LogP contribution in [-0.4, -0.2) is 25.5 Å². The van der Waals surface area contributed by atoms with Crippen molar-refractivity contribution < 1.29 is 19.2 Å². The zero-order valence-corrected chi connectivity index (χ0v) is 9.03. The van der Waals surface area contributed by atoms with E-state index in [1.165, 1.54) is 0 Å². The number of nitrogens with two attached hydrogens (primary N) is 1. The molecular formula is C9H9BClNO4. The second-order valence-electron chi connectivity index (χ2n) is 3.63. The first-order chi connectivity index (χ1) is 7.72. The van der Waals surface area contributed by atoms with Crippen molar-refractivity contribution in [1.82, 2.24) is 0 Å². The Morgan fingerprint density at radius 2 is 2.38 bits per heavy atom. The Balaban J connectivity index is 2.23. The van der Waals surface area contributed by atoms with Gasteiger partial charge in [0.25, 0.3) is 0 Å². The summed E-state index contributed by atoms with van der Waals surface area (Å²) in [5.74, 6) is 1.03. The Hall–Kier alpha value is -0.945. The van der Waals surface area contributed by atoms with Gasteiger partial charge in [0.15, 0.2) is 11.5 Å². The predicted octanol–water partition coefficient (Wildman–Crippen LogP) is -0.214. The van der Waals surface area contributed by atoms with Crippen molar-refractivity contribution in [3.8, 4) is 11.5 Å². The maximum absolute atomic E-state index is 9.80. The van der Waals surface area contributed by atoms with E-state index < -0.39 is 13.2 Å². The molecule has 2 aliphatic heterocycles. The SMILES string of the molecule is NCC1OB(O)c2c3c(cc(Cl)c21)OCO3. The highest BCUT2D eigenvalue weighted by molar-refractivity contribution is 6.63. The largest absolute Gasteiger partial charge is 0.496 e. The molecule has 16 heavy (non-hydrogen) atoms. The maximum atomic E-state index is 9.80. The van der Waals surface area contributed by atoms with E-state index in [1.54, 1.807) is 6.07 Å². The number of hydrogen-bond donors (Lipinski definition) is 2. The molecule has 0 spiro atoms. The summed E-state index contributed by atoms with van der Waals surface area (Å²) in [6.45, 7) is 0.381. The van der Waals surface area contributed by atoms with Crippen molar-refractivity contribution in [2.45, 2.75) is 6.10 Å². The predicted molar refractivity (Wildman–Crippen MR) is 58.1 cm³/mol. The van der Waals surface area contributed by atoms with Crippen LogP contribution in [0.3, 0.4) is 0 Å². The van der Waals surface area contributed by atoms with Crippen LogP contribution in [0, 0.1) is 0 Å². The van der Waals surface area contributed by atoms with E-state index >= 15 is 0 Å². The molecule has 5 nitrogen and oxygen atoms in total. The molecule has 0 fully saturated rings. The molecule has 0 saturated carbocycles. The summed E-state index contributed by atoms with van der Waals surface area (Å²) in [7, 11) is -1.06. The molecule has 84 valence electrons. The molecule has 0 radical (unpaired) electrons. The number of ether oxygens (including phenoxy) is 2. The zero-order chi connectivity index (χ0) is 11.3. The van der Waals surface area contributed by atoms with Crippen molar-refractivity contribution >= 4 is 24.2 Å². The van der Waals surface area contributed by atoms with Crippen molar-refractivity contribution in [1.29, 1.82) is 0 Å². The van der Waals surface area contributed by atoms with Gasteiger partial charge in [0, 0.05) is 28.7 Å². The van der Waals surface area contributed by atoms with E-state index in [1.807, 2.05) is 0 Å². The third-order valence-corrected chi connectivity index (χ3v) is 3.08. The number of halogens is 1. The van der Waals surface area contributed by atoms with Crippen LogP contribution in [0.1, 0.15) is 11.7 Å². The molecule has 1 aromatic rings. The second-order valence-corrected chi connectivity index (χ2v) is 4.04. The topological polar surface area (TPSA) is 73.9 Å². The molecule has 1 unspecified atom stereocenters. The monoisotopic (exact) mass is 241 g/mol. The van der Waals surface area contributed by atoms with Gasteiger partial charge < -0.3 is 24.9 Å². The average Bonchev–Trinajstić information content (AvgIpc) is 2.82. The maximum Gasteiger partial charge on any atom is 0.496 e. The van der Waals surface area contributed by atoms with Gasteiger partial charge in [-0.1, -0.05) is 11.6 Å². The minimum Gasteiger partial charge on any atom is -0.454 e. The van der Waals surface area contributed by atoms with Crippen LogP contribution in [0.4, 0.5) is 0 Å². The number of rotatable bonds is 1. The van der Waals surface area contributed by atoms with Gasteiger partial charge in [-0.15, -0.1) is 0 Å². The summed E-state index contributed by atoms with van der Waals surface area (Å²) in [6.07, 6.45) is -0.396. The summed E-state index contributed by atoms with van der Waals surface area (Å²) in [5.41, 5.74) is 6.79. The van der Waals surface area contributed by atoms with Gasteiger partial charge in [0.2, 0.25) is 6.79 Å². The Bertz CT molecular complexity index is 456. The number of hydrogen-bond acceptors (Lipinski definition) is 5. The van der Waals surface area contributed by atoms with Crippen LogP contribution in [0.2, 0.25) is 5.02 Å². The van der Waals surface area contributed by atoms with Crippen molar-refractivity contribution in [3.63, 3.8) is 0 Å². The fraction of sp³-hybridized carbons (Fsp3) is 0.333. The lowest BCUT2D eigenvalue weighted by Crippen LogP contribution is -2.29. The fourth-order valence-electron chi connectivity index (χ4n) is 2.09. The lowest BCUT2D eigenvalue weighted by atomic mass is 9.78. The minimum atomic E-state index is -1.06. The van der Waals surface area contributed by atoms with Crippen LogP contribution in [-0.2, 0) is 4.65 Å². The first kappa shape index (κ1) is 10.2. The van der Waals surface area contributed by atoms with Gasteiger partial charge in [-0.05, 0) is 0 Å². The first-order valence-electron chi connectivity index (χ1n) is 4.88.